The Hall–Kier alpha value is -0.340. The molecule has 20 heavy (non-hydrogen) atoms. The van der Waals surface area contributed by atoms with Crippen LogP contribution in [0.2, 0.25) is 0 Å². The summed E-state index contributed by atoms with van der Waals surface area (Å²) in [5.74, 6) is 3.08. The molecule has 0 saturated heterocycles. The van der Waals surface area contributed by atoms with Gasteiger partial charge in [-0.2, -0.15) is 0 Å². The van der Waals surface area contributed by atoms with Gasteiger partial charge in [-0.15, -0.1) is 0 Å². The zero-order valence-corrected chi connectivity index (χ0v) is 14.8. The number of benzene rings is 1. The highest BCUT2D eigenvalue weighted by atomic mass is 79.9. The smallest absolute Gasteiger partial charge is 0.0178 e. The van der Waals surface area contributed by atoms with Crippen LogP contribution in [0.15, 0.2) is 28.7 Å². The predicted molar refractivity (Wildman–Crippen MR) is 91.1 cm³/mol. The van der Waals surface area contributed by atoms with Gasteiger partial charge in [0.15, 0.2) is 0 Å². The lowest BCUT2D eigenvalue weighted by molar-refractivity contribution is 0.225. The van der Waals surface area contributed by atoms with Gasteiger partial charge in [-0.1, -0.05) is 55.8 Å². The van der Waals surface area contributed by atoms with Crippen molar-refractivity contribution in [2.24, 2.45) is 17.8 Å². The zero-order chi connectivity index (χ0) is 14.7. The van der Waals surface area contributed by atoms with Crippen LogP contribution in [0.5, 0.6) is 0 Å². The number of halogens is 1. The molecule has 0 radical (unpaired) electrons. The Labute approximate surface area is 132 Å². The third-order valence-electron chi connectivity index (χ3n) is 4.81. The van der Waals surface area contributed by atoms with Crippen LogP contribution in [-0.2, 0) is 0 Å². The van der Waals surface area contributed by atoms with E-state index in [0.717, 1.165) is 29.7 Å². The summed E-state index contributed by atoms with van der Waals surface area (Å²) in [4.78, 5) is 0. The topological polar surface area (TPSA) is 12.0 Å². The molecule has 0 unspecified atom stereocenters. The normalized spacial score (nSPS) is 22.6. The summed E-state index contributed by atoms with van der Waals surface area (Å²) in [6.45, 7) is 10.6. The summed E-state index contributed by atoms with van der Waals surface area (Å²) in [5.41, 5.74) is 1.49. The first-order valence-electron chi connectivity index (χ1n) is 7.96. The van der Waals surface area contributed by atoms with Gasteiger partial charge < -0.3 is 5.32 Å². The molecule has 1 N–H and O–H groups in total. The molecule has 0 bridgehead atoms. The Morgan fingerprint density at radius 3 is 2.35 bits per heavy atom. The fourth-order valence-electron chi connectivity index (χ4n) is 3.36. The highest BCUT2D eigenvalue weighted by Gasteiger charge is 2.31. The van der Waals surface area contributed by atoms with Crippen molar-refractivity contribution in [2.45, 2.75) is 52.5 Å². The fourth-order valence-corrected chi connectivity index (χ4v) is 3.78. The maximum Gasteiger partial charge on any atom is 0.0178 e. The average molecular weight is 338 g/mol. The van der Waals surface area contributed by atoms with Gasteiger partial charge in [0.25, 0.3) is 0 Å². The molecule has 0 aliphatic heterocycles. The molecule has 0 aromatic heterocycles. The highest BCUT2D eigenvalue weighted by Crippen LogP contribution is 2.37. The summed E-state index contributed by atoms with van der Waals surface area (Å²) >= 11 is 3.56. The summed E-state index contributed by atoms with van der Waals surface area (Å²) in [6, 6.07) is 9.50. The van der Waals surface area contributed by atoms with Crippen LogP contribution in [0.3, 0.4) is 0 Å². The molecule has 0 atom stereocenters. The predicted octanol–water partition coefficient (Wildman–Crippen LogP) is 5.21. The van der Waals surface area contributed by atoms with Gasteiger partial charge in [0.05, 0.1) is 0 Å². The van der Waals surface area contributed by atoms with Gasteiger partial charge in [0, 0.05) is 10.5 Å². The lowest BCUT2D eigenvalue weighted by Crippen LogP contribution is -2.43. The van der Waals surface area contributed by atoms with Gasteiger partial charge in [-0.3, -0.25) is 0 Å². The number of hydrogen-bond donors (Lipinski definition) is 1. The molecule has 1 aliphatic rings. The SMILES string of the molecule is CC(C)C(CNC1CC(c2cccc(Br)c2)C1)C(C)C. The molecule has 1 saturated carbocycles. The van der Waals surface area contributed by atoms with E-state index in [1.807, 2.05) is 0 Å². The first-order chi connectivity index (χ1) is 9.47. The van der Waals surface area contributed by atoms with Gasteiger partial charge in [0.2, 0.25) is 0 Å². The van der Waals surface area contributed by atoms with Crippen LogP contribution in [0.25, 0.3) is 0 Å². The second-order valence-corrected chi connectivity index (χ2v) is 7.90. The molecule has 0 spiro atoms. The first kappa shape index (κ1) is 16.0. The molecular formula is C18H28BrN. The second-order valence-electron chi connectivity index (χ2n) is 6.98. The largest absolute Gasteiger partial charge is 0.314 e. The molecule has 1 aromatic rings. The minimum atomic E-state index is 0.721. The van der Waals surface area contributed by atoms with Gasteiger partial charge in [-0.05, 0) is 60.8 Å². The number of hydrogen-bond acceptors (Lipinski definition) is 1. The Morgan fingerprint density at radius 2 is 1.80 bits per heavy atom. The standard InChI is InChI=1S/C18H28BrN/c1-12(2)18(13(3)4)11-20-17-9-15(10-17)14-6-5-7-16(19)8-14/h5-8,12-13,15,17-18,20H,9-11H2,1-4H3. The van der Waals surface area contributed by atoms with E-state index in [1.54, 1.807) is 0 Å². The van der Waals surface area contributed by atoms with E-state index in [9.17, 15) is 0 Å². The van der Waals surface area contributed by atoms with Crippen LogP contribution in [0.4, 0.5) is 0 Å². The van der Waals surface area contributed by atoms with E-state index in [2.05, 4.69) is 73.2 Å². The molecule has 1 aromatic carbocycles. The third kappa shape index (κ3) is 4.08. The molecule has 2 rings (SSSR count). The minimum Gasteiger partial charge on any atom is -0.314 e. The van der Waals surface area contributed by atoms with E-state index < -0.39 is 0 Å². The Balaban J connectivity index is 1.77. The van der Waals surface area contributed by atoms with Crippen molar-refractivity contribution in [1.82, 2.24) is 5.32 Å². The quantitative estimate of drug-likeness (QED) is 0.750. The number of nitrogens with one attached hydrogen (secondary N) is 1. The first-order valence-corrected chi connectivity index (χ1v) is 8.75. The van der Waals surface area contributed by atoms with Gasteiger partial charge in [-0.25, -0.2) is 0 Å². The summed E-state index contributed by atoms with van der Waals surface area (Å²) < 4.78 is 1.20. The van der Waals surface area contributed by atoms with Crippen molar-refractivity contribution in [3.8, 4) is 0 Å². The van der Waals surface area contributed by atoms with Crippen molar-refractivity contribution >= 4 is 15.9 Å². The molecule has 112 valence electrons. The molecule has 2 heteroatoms. The maximum atomic E-state index is 3.78. The molecule has 0 heterocycles. The van der Waals surface area contributed by atoms with Crippen LogP contribution in [0, 0.1) is 17.8 Å². The van der Waals surface area contributed by atoms with Crippen LogP contribution < -0.4 is 5.32 Å². The van der Waals surface area contributed by atoms with E-state index >= 15 is 0 Å². The van der Waals surface area contributed by atoms with E-state index in [-0.39, 0.29) is 0 Å². The number of rotatable bonds is 6. The van der Waals surface area contributed by atoms with Gasteiger partial charge in [0.1, 0.15) is 0 Å². The zero-order valence-electron chi connectivity index (χ0n) is 13.2. The summed E-state index contributed by atoms with van der Waals surface area (Å²) in [6.07, 6.45) is 2.58. The second kappa shape index (κ2) is 7.09. The Bertz CT molecular complexity index is 413. The lowest BCUT2D eigenvalue weighted by Gasteiger charge is -2.38. The molecular weight excluding hydrogens is 310 g/mol. The summed E-state index contributed by atoms with van der Waals surface area (Å²) in [5, 5.41) is 3.78. The van der Waals surface area contributed by atoms with Crippen molar-refractivity contribution < 1.29 is 0 Å². The maximum absolute atomic E-state index is 3.78. The average Bonchev–Trinajstić information content (AvgIpc) is 2.30. The van der Waals surface area contributed by atoms with Crippen LogP contribution in [-0.4, -0.2) is 12.6 Å². The summed E-state index contributed by atoms with van der Waals surface area (Å²) in [7, 11) is 0. The molecule has 1 nitrogen and oxygen atoms in total. The fraction of sp³-hybridized carbons (Fsp3) is 0.667. The third-order valence-corrected chi connectivity index (χ3v) is 5.31. The highest BCUT2D eigenvalue weighted by molar-refractivity contribution is 9.10. The van der Waals surface area contributed by atoms with Crippen molar-refractivity contribution in [2.75, 3.05) is 6.54 Å². The molecule has 1 fully saturated rings. The monoisotopic (exact) mass is 337 g/mol. The van der Waals surface area contributed by atoms with Crippen molar-refractivity contribution in [3.63, 3.8) is 0 Å². The minimum absolute atomic E-state index is 0.721. The van der Waals surface area contributed by atoms with E-state index in [4.69, 9.17) is 0 Å². The van der Waals surface area contributed by atoms with Crippen molar-refractivity contribution in [1.29, 1.82) is 0 Å². The van der Waals surface area contributed by atoms with Gasteiger partial charge >= 0.3 is 0 Å². The molecule has 1 aliphatic carbocycles. The van der Waals surface area contributed by atoms with Crippen molar-refractivity contribution in [3.05, 3.63) is 34.3 Å². The van der Waals surface area contributed by atoms with E-state index in [0.29, 0.717) is 0 Å². The Morgan fingerprint density at radius 1 is 1.15 bits per heavy atom. The van der Waals surface area contributed by atoms with Crippen LogP contribution in [0.1, 0.15) is 52.0 Å². The Kier molecular flexibility index (Phi) is 5.68. The molecule has 0 amide bonds. The van der Waals surface area contributed by atoms with Crippen LogP contribution >= 0.6 is 15.9 Å². The van der Waals surface area contributed by atoms with E-state index in [1.165, 1.54) is 29.4 Å². The lowest BCUT2D eigenvalue weighted by atomic mass is 9.75.